The van der Waals surface area contributed by atoms with Crippen LogP contribution in [-0.2, 0) is 19.6 Å². The number of nitrogens with zero attached hydrogens (tertiary/aromatic N) is 2. The first kappa shape index (κ1) is 14.3. The second kappa shape index (κ2) is 6.86. The van der Waals surface area contributed by atoms with Crippen molar-refractivity contribution in [2.75, 3.05) is 0 Å². The zero-order chi connectivity index (χ0) is 14.4. The maximum Gasteiger partial charge on any atom is 0.248 e. The number of nitrogens with one attached hydrogen (secondary N) is 1. The van der Waals surface area contributed by atoms with E-state index in [0.717, 1.165) is 24.4 Å². The van der Waals surface area contributed by atoms with E-state index in [1.807, 2.05) is 30.6 Å². The van der Waals surface area contributed by atoms with E-state index in [-0.39, 0.29) is 0 Å². The monoisotopic (exact) mass is 272 g/mol. The minimum atomic E-state index is -0.398. The normalized spacial score (nSPS) is 10.7. The van der Waals surface area contributed by atoms with Crippen LogP contribution in [0.15, 0.2) is 36.7 Å². The van der Waals surface area contributed by atoms with Crippen LogP contribution in [0.2, 0.25) is 0 Å². The summed E-state index contributed by atoms with van der Waals surface area (Å²) in [5.74, 6) is 0.628. The van der Waals surface area contributed by atoms with Crippen LogP contribution in [0.3, 0.4) is 0 Å². The number of nitrogens with two attached hydrogens (primary N) is 1. The Balaban J connectivity index is 1.91. The Bertz CT molecular complexity index is 577. The molecule has 0 fully saturated rings. The second-order valence-electron chi connectivity index (χ2n) is 4.71. The van der Waals surface area contributed by atoms with E-state index in [1.165, 1.54) is 0 Å². The predicted molar refractivity (Wildman–Crippen MR) is 78.0 cm³/mol. The third-order valence-electron chi connectivity index (χ3n) is 3.09. The molecule has 5 heteroatoms. The van der Waals surface area contributed by atoms with Crippen LogP contribution in [-0.4, -0.2) is 15.5 Å². The van der Waals surface area contributed by atoms with Crippen molar-refractivity contribution in [3.63, 3.8) is 0 Å². The number of primary amides is 1. The van der Waals surface area contributed by atoms with Gasteiger partial charge in [-0.05, 0) is 24.1 Å². The zero-order valence-electron chi connectivity index (χ0n) is 11.7. The van der Waals surface area contributed by atoms with Gasteiger partial charge < -0.3 is 15.6 Å². The summed E-state index contributed by atoms with van der Waals surface area (Å²) in [6.45, 7) is 4.51. The molecule has 2 rings (SSSR count). The number of aryl methyl sites for hydroxylation is 1. The molecule has 0 radical (unpaired) electrons. The molecule has 106 valence electrons. The standard InChI is InChI=1S/C15H20N4O/c1-2-7-19-8-6-18-14(19)11-17-10-12-4-3-5-13(9-12)15(16)20/h3-6,8-9,17H,2,7,10-11H2,1H3,(H2,16,20). The molecule has 1 aromatic carbocycles. The summed E-state index contributed by atoms with van der Waals surface area (Å²) in [5, 5.41) is 3.33. The van der Waals surface area contributed by atoms with Gasteiger partial charge in [-0.3, -0.25) is 4.79 Å². The summed E-state index contributed by atoms with van der Waals surface area (Å²) in [4.78, 5) is 15.5. The van der Waals surface area contributed by atoms with Crippen LogP contribution in [0.1, 0.15) is 35.1 Å². The number of rotatable bonds is 7. The summed E-state index contributed by atoms with van der Waals surface area (Å²) >= 11 is 0. The molecular weight excluding hydrogens is 252 g/mol. The van der Waals surface area contributed by atoms with Gasteiger partial charge >= 0.3 is 0 Å². The Kier molecular flexibility index (Phi) is 4.90. The van der Waals surface area contributed by atoms with Crippen molar-refractivity contribution in [3.8, 4) is 0 Å². The Morgan fingerprint density at radius 1 is 1.40 bits per heavy atom. The van der Waals surface area contributed by atoms with Crippen molar-refractivity contribution >= 4 is 5.91 Å². The molecule has 0 aliphatic carbocycles. The first-order valence-corrected chi connectivity index (χ1v) is 6.80. The highest BCUT2D eigenvalue weighted by molar-refractivity contribution is 5.92. The molecule has 2 aromatic rings. The quantitative estimate of drug-likeness (QED) is 0.805. The van der Waals surface area contributed by atoms with Gasteiger partial charge in [0.15, 0.2) is 0 Å². The summed E-state index contributed by atoms with van der Waals surface area (Å²) in [7, 11) is 0. The minimum Gasteiger partial charge on any atom is -0.366 e. The molecule has 0 bridgehead atoms. The maximum atomic E-state index is 11.1. The van der Waals surface area contributed by atoms with E-state index in [1.54, 1.807) is 6.07 Å². The van der Waals surface area contributed by atoms with Gasteiger partial charge in [-0.15, -0.1) is 0 Å². The predicted octanol–water partition coefficient (Wildman–Crippen LogP) is 1.68. The van der Waals surface area contributed by atoms with Crippen molar-refractivity contribution in [3.05, 3.63) is 53.6 Å². The minimum absolute atomic E-state index is 0.398. The van der Waals surface area contributed by atoms with E-state index in [4.69, 9.17) is 5.73 Å². The van der Waals surface area contributed by atoms with Gasteiger partial charge in [-0.1, -0.05) is 19.1 Å². The van der Waals surface area contributed by atoms with Gasteiger partial charge in [0, 0.05) is 31.0 Å². The van der Waals surface area contributed by atoms with E-state index < -0.39 is 5.91 Å². The SMILES string of the molecule is CCCn1ccnc1CNCc1cccc(C(N)=O)c1. The number of carbonyl (C=O) groups excluding carboxylic acids is 1. The fourth-order valence-corrected chi connectivity index (χ4v) is 2.10. The van der Waals surface area contributed by atoms with Gasteiger partial charge in [0.25, 0.3) is 0 Å². The van der Waals surface area contributed by atoms with Crippen molar-refractivity contribution in [1.29, 1.82) is 0 Å². The molecule has 0 atom stereocenters. The van der Waals surface area contributed by atoms with Crippen LogP contribution < -0.4 is 11.1 Å². The molecule has 0 saturated heterocycles. The Labute approximate surface area is 118 Å². The van der Waals surface area contributed by atoms with Crippen LogP contribution >= 0.6 is 0 Å². The fourth-order valence-electron chi connectivity index (χ4n) is 2.10. The molecule has 1 heterocycles. The average Bonchev–Trinajstić information content (AvgIpc) is 2.87. The second-order valence-corrected chi connectivity index (χ2v) is 4.71. The lowest BCUT2D eigenvalue weighted by Crippen LogP contribution is -2.17. The molecule has 0 unspecified atom stereocenters. The summed E-state index contributed by atoms with van der Waals surface area (Å²) in [6.07, 6.45) is 4.90. The van der Waals surface area contributed by atoms with Crippen LogP contribution in [0.25, 0.3) is 0 Å². The molecule has 20 heavy (non-hydrogen) atoms. The number of amides is 1. The highest BCUT2D eigenvalue weighted by atomic mass is 16.1. The highest BCUT2D eigenvalue weighted by Gasteiger charge is 2.03. The molecule has 0 aliphatic heterocycles. The van der Waals surface area contributed by atoms with Crippen molar-refractivity contribution in [2.24, 2.45) is 5.73 Å². The van der Waals surface area contributed by atoms with E-state index in [0.29, 0.717) is 18.7 Å². The van der Waals surface area contributed by atoms with E-state index >= 15 is 0 Å². The van der Waals surface area contributed by atoms with Crippen molar-refractivity contribution in [1.82, 2.24) is 14.9 Å². The molecule has 0 spiro atoms. The third-order valence-corrected chi connectivity index (χ3v) is 3.09. The molecule has 1 amide bonds. The summed E-state index contributed by atoms with van der Waals surface area (Å²) < 4.78 is 2.15. The lowest BCUT2D eigenvalue weighted by molar-refractivity contribution is 0.1000. The average molecular weight is 272 g/mol. The lowest BCUT2D eigenvalue weighted by atomic mass is 10.1. The molecule has 3 N–H and O–H groups in total. The first-order valence-electron chi connectivity index (χ1n) is 6.80. The van der Waals surface area contributed by atoms with Crippen LogP contribution in [0.4, 0.5) is 0 Å². The number of carbonyl (C=O) groups is 1. The molecule has 0 saturated carbocycles. The smallest absolute Gasteiger partial charge is 0.248 e. The topological polar surface area (TPSA) is 72.9 Å². The Morgan fingerprint density at radius 2 is 2.25 bits per heavy atom. The van der Waals surface area contributed by atoms with Gasteiger partial charge in [-0.2, -0.15) is 0 Å². The number of imidazole rings is 1. The van der Waals surface area contributed by atoms with Crippen molar-refractivity contribution < 1.29 is 4.79 Å². The van der Waals surface area contributed by atoms with Gasteiger partial charge in [0.1, 0.15) is 5.82 Å². The molecule has 1 aromatic heterocycles. The van der Waals surface area contributed by atoms with Gasteiger partial charge in [0.05, 0.1) is 6.54 Å². The van der Waals surface area contributed by atoms with Crippen molar-refractivity contribution in [2.45, 2.75) is 33.0 Å². The van der Waals surface area contributed by atoms with E-state index in [9.17, 15) is 4.79 Å². The van der Waals surface area contributed by atoms with E-state index in [2.05, 4.69) is 21.8 Å². The third kappa shape index (κ3) is 3.68. The van der Waals surface area contributed by atoms with Crippen LogP contribution in [0.5, 0.6) is 0 Å². The Hall–Kier alpha value is -2.14. The first-order chi connectivity index (χ1) is 9.70. The number of benzene rings is 1. The zero-order valence-corrected chi connectivity index (χ0v) is 11.7. The van der Waals surface area contributed by atoms with Crippen LogP contribution in [0, 0.1) is 0 Å². The fraction of sp³-hybridized carbons (Fsp3) is 0.333. The maximum absolute atomic E-state index is 11.1. The highest BCUT2D eigenvalue weighted by Crippen LogP contribution is 2.05. The number of aromatic nitrogens is 2. The summed E-state index contributed by atoms with van der Waals surface area (Å²) in [5.41, 5.74) is 6.84. The van der Waals surface area contributed by atoms with Gasteiger partial charge in [0.2, 0.25) is 5.91 Å². The summed E-state index contributed by atoms with van der Waals surface area (Å²) in [6, 6.07) is 7.35. The number of hydrogen-bond acceptors (Lipinski definition) is 3. The lowest BCUT2D eigenvalue weighted by Gasteiger charge is -2.08. The Morgan fingerprint density at radius 3 is 3.00 bits per heavy atom. The largest absolute Gasteiger partial charge is 0.366 e. The molecule has 5 nitrogen and oxygen atoms in total. The number of hydrogen-bond donors (Lipinski definition) is 2. The molecular formula is C15H20N4O. The molecule has 0 aliphatic rings. The van der Waals surface area contributed by atoms with Gasteiger partial charge in [-0.25, -0.2) is 4.98 Å².